The molecule has 0 bridgehead atoms. The minimum absolute atomic E-state index is 0.0277. The van der Waals surface area contributed by atoms with Crippen LogP contribution in [0, 0.1) is 6.92 Å². The van der Waals surface area contributed by atoms with Crippen LogP contribution in [0.4, 0.5) is 0 Å². The summed E-state index contributed by atoms with van der Waals surface area (Å²) in [4.78, 5) is 0. The zero-order valence-electron chi connectivity index (χ0n) is 9.40. The average molecular weight is 209 g/mol. The Hall–Kier alpha value is -0.900. The van der Waals surface area contributed by atoms with E-state index in [1.807, 2.05) is 12.1 Å². The predicted octanol–water partition coefficient (Wildman–Crippen LogP) is 1.66. The zero-order valence-corrected chi connectivity index (χ0v) is 9.40. The van der Waals surface area contributed by atoms with Crippen molar-refractivity contribution in [2.45, 2.75) is 13.0 Å². The largest absolute Gasteiger partial charge is 0.382 e. The molecule has 1 aromatic rings. The van der Waals surface area contributed by atoms with Gasteiger partial charge < -0.3 is 15.2 Å². The fourth-order valence-electron chi connectivity index (χ4n) is 1.44. The Bertz CT molecular complexity index is 289. The number of benzene rings is 1. The van der Waals surface area contributed by atoms with Crippen molar-refractivity contribution in [3.05, 3.63) is 35.4 Å². The molecule has 3 heteroatoms. The highest BCUT2D eigenvalue weighted by atomic mass is 16.5. The van der Waals surface area contributed by atoms with E-state index in [2.05, 4.69) is 19.1 Å². The predicted molar refractivity (Wildman–Crippen MR) is 60.8 cm³/mol. The van der Waals surface area contributed by atoms with E-state index in [9.17, 15) is 0 Å². The molecule has 0 aromatic heterocycles. The molecule has 1 rings (SSSR count). The lowest BCUT2D eigenvalue weighted by Gasteiger charge is -2.16. The molecule has 2 N–H and O–H groups in total. The van der Waals surface area contributed by atoms with Crippen molar-refractivity contribution in [3.63, 3.8) is 0 Å². The van der Waals surface area contributed by atoms with Gasteiger partial charge in [-0.3, -0.25) is 0 Å². The molecule has 1 unspecified atom stereocenters. The molecule has 0 spiro atoms. The number of rotatable bonds is 6. The standard InChI is InChI=1S/C12H19NO2/c1-10-4-3-5-11(8-10)12(9-13)15-7-6-14-2/h3-5,8,12H,6-7,9,13H2,1-2H3. The highest BCUT2D eigenvalue weighted by Gasteiger charge is 2.09. The summed E-state index contributed by atoms with van der Waals surface area (Å²) in [6.45, 7) is 3.73. The number of methoxy groups -OCH3 is 1. The fraction of sp³-hybridized carbons (Fsp3) is 0.500. The maximum absolute atomic E-state index is 5.67. The van der Waals surface area contributed by atoms with E-state index < -0.39 is 0 Å². The first-order valence-electron chi connectivity index (χ1n) is 5.15. The van der Waals surface area contributed by atoms with Gasteiger partial charge in [-0.1, -0.05) is 29.8 Å². The molecule has 1 aromatic carbocycles. The van der Waals surface area contributed by atoms with E-state index in [1.165, 1.54) is 5.56 Å². The summed E-state index contributed by atoms with van der Waals surface area (Å²) in [5, 5.41) is 0. The van der Waals surface area contributed by atoms with Crippen molar-refractivity contribution in [2.24, 2.45) is 5.73 Å². The molecule has 0 saturated heterocycles. The van der Waals surface area contributed by atoms with Gasteiger partial charge in [0.25, 0.3) is 0 Å². The summed E-state index contributed by atoms with van der Waals surface area (Å²) < 4.78 is 10.6. The molecule has 0 aliphatic carbocycles. The van der Waals surface area contributed by atoms with E-state index in [1.54, 1.807) is 7.11 Å². The molecule has 0 aliphatic heterocycles. The maximum atomic E-state index is 5.67. The monoisotopic (exact) mass is 209 g/mol. The smallest absolute Gasteiger partial charge is 0.0948 e. The molecule has 0 radical (unpaired) electrons. The Labute approximate surface area is 91.2 Å². The van der Waals surface area contributed by atoms with Gasteiger partial charge in [0.15, 0.2) is 0 Å². The third kappa shape index (κ3) is 4.00. The van der Waals surface area contributed by atoms with Gasteiger partial charge in [-0.15, -0.1) is 0 Å². The van der Waals surface area contributed by atoms with E-state index in [0.29, 0.717) is 19.8 Å². The maximum Gasteiger partial charge on any atom is 0.0948 e. The molecule has 1 atom stereocenters. The minimum Gasteiger partial charge on any atom is -0.382 e. The summed E-state index contributed by atoms with van der Waals surface area (Å²) in [5.74, 6) is 0. The van der Waals surface area contributed by atoms with E-state index in [-0.39, 0.29) is 6.10 Å². The zero-order chi connectivity index (χ0) is 11.1. The second-order valence-electron chi connectivity index (χ2n) is 3.50. The molecule has 15 heavy (non-hydrogen) atoms. The average Bonchev–Trinajstić information content (AvgIpc) is 2.24. The summed E-state index contributed by atoms with van der Waals surface area (Å²) in [6, 6.07) is 8.22. The SMILES string of the molecule is COCCOC(CN)c1cccc(C)c1. The highest BCUT2D eigenvalue weighted by Crippen LogP contribution is 2.16. The van der Waals surface area contributed by atoms with Crippen molar-refractivity contribution in [1.29, 1.82) is 0 Å². The Morgan fingerprint density at radius 2 is 2.13 bits per heavy atom. The fourth-order valence-corrected chi connectivity index (χ4v) is 1.44. The summed E-state index contributed by atoms with van der Waals surface area (Å²) in [5.41, 5.74) is 8.03. The van der Waals surface area contributed by atoms with Gasteiger partial charge in [-0.05, 0) is 12.5 Å². The van der Waals surface area contributed by atoms with Gasteiger partial charge >= 0.3 is 0 Å². The lowest BCUT2D eigenvalue weighted by molar-refractivity contribution is 0.0207. The van der Waals surface area contributed by atoms with Gasteiger partial charge in [-0.25, -0.2) is 0 Å². The van der Waals surface area contributed by atoms with Crippen LogP contribution in [0.3, 0.4) is 0 Å². The van der Waals surface area contributed by atoms with Crippen LogP contribution in [-0.4, -0.2) is 26.9 Å². The molecule has 0 aliphatic rings. The van der Waals surface area contributed by atoms with Crippen molar-refractivity contribution >= 4 is 0 Å². The van der Waals surface area contributed by atoms with Crippen LogP contribution in [0.15, 0.2) is 24.3 Å². The molecular formula is C12H19NO2. The quantitative estimate of drug-likeness (QED) is 0.725. The van der Waals surface area contributed by atoms with E-state index in [0.717, 1.165) is 5.56 Å². The Kier molecular flexibility index (Phi) is 5.32. The topological polar surface area (TPSA) is 44.5 Å². The summed E-state index contributed by atoms with van der Waals surface area (Å²) in [7, 11) is 1.66. The second-order valence-corrected chi connectivity index (χ2v) is 3.50. The molecule has 0 heterocycles. The van der Waals surface area contributed by atoms with E-state index in [4.69, 9.17) is 15.2 Å². The highest BCUT2D eigenvalue weighted by molar-refractivity contribution is 5.24. The third-order valence-electron chi connectivity index (χ3n) is 2.23. The van der Waals surface area contributed by atoms with Crippen molar-refractivity contribution < 1.29 is 9.47 Å². The van der Waals surface area contributed by atoms with Gasteiger partial charge in [-0.2, -0.15) is 0 Å². The Morgan fingerprint density at radius 1 is 1.33 bits per heavy atom. The number of hydrogen-bond donors (Lipinski definition) is 1. The third-order valence-corrected chi connectivity index (χ3v) is 2.23. The van der Waals surface area contributed by atoms with Gasteiger partial charge in [0.05, 0.1) is 19.3 Å². The van der Waals surface area contributed by atoms with Gasteiger partial charge in [0.2, 0.25) is 0 Å². The molecular weight excluding hydrogens is 190 g/mol. The van der Waals surface area contributed by atoms with Crippen LogP contribution in [0.25, 0.3) is 0 Å². The van der Waals surface area contributed by atoms with Crippen LogP contribution in [0.1, 0.15) is 17.2 Å². The second kappa shape index (κ2) is 6.56. The van der Waals surface area contributed by atoms with Crippen LogP contribution >= 0.6 is 0 Å². The number of hydrogen-bond acceptors (Lipinski definition) is 3. The first-order valence-corrected chi connectivity index (χ1v) is 5.15. The summed E-state index contributed by atoms with van der Waals surface area (Å²) in [6.07, 6.45) is -0.0277. The van der Waals surface area contributed by atoms with Crippen molar-refractivity contribution in [1.82, 2.24) is 0 Å². The van der Waals surface area contributed by atoms with Crippen molar-refractivity contribution in [2.75, 3.05) is 26.9 Å². The lowest BCUT2D eigenvalue weighted by atomic mass is 10.1. The first-order chi connectivity index (χ1) is 7.27. The molecule has 0 amide bonds. The minimum atomic E-state index is -0.0277. The lowest BCUT2D eigenvalue weighted by Crippen LogP contribution is -2.18. The van der Waals surface area contributed by atoms with Crippen LogP contribution < -0.4 is 5.73 Å². The Balaban J connectivity index is 2.57. The van der Waals surface area contributed by atoms with Gasteiger partial charge in [0.1, 0.15) is 0 Å². The van der Waals surface area contributed by atoms with Gasteiger partial charge in [0, 0.05) is 13.7 Å². The molecule has 84 valence electrons. The molecule has 3 nitrogen and oxygen atoms in total. The number of aryl methyl sites for hydroxylation is 1. The molecule has 0 fully saturated rings. The van der Waals surface area contributed by atoms with Crippen LogP contribution in [-0.2, 0) is 9.47 Å². The van der Waals surface area contributed by atoms with E-state index >= 15 is 0 Å². The Morgan fingerprint density at radius 3 is 2.73 bits per heavy atom. The number of ether oxygens (including phenoxy) is 2. The first kappa shape index (κ1) is 12.2. The van der Waals surface area contributed by atoms with Crippen LogP contribution in [0.5, 0.6) is 0 Å². The number of nitrogens with two attached hydrogens (primary N) is 1. The normalized spacial score (nSPS) is 12.7. The van der Waals surface area contributed by atoms with Crippen LogP contribution in [0.2, 0.25) is 0 Å². The van der Waals surface area contributed by atoms with Crippen molar-refractivity contribution in [3.8, 4) is 0 Å². The molecule has 0 saturated carbocycles. The summed E-state index contributed by atoms with van der Waals surface area (Å²) >= 11 is 0.